The molecule has 4 aliphatic rings. The molecule has 0 saturated carbocycles. The maximum atomic E-state index is 6.49. The van der Waals surface area contributed by atoms with Gasteiger partial charge in [-0.05, 0) is 147 Å². The quantitative estimate of drug-likeness (QED) is 0.205. The van der Waals surface area contributed by atoms with Crippen LogP contribution in [0.1, 0.15) is 136 Å². The molecule has 4 rings (SSSR count). The monoisotopic (exact) mass is 614 g/mol. The Hall–Kier alpha value is -0.580. The maximum absolute atomic E-state index is 6.49. The lowest BCUT2D eigenvalue weighted by Crippen LogP contribution is -2.41. The minimum Gasteiger partial charge on any atom is -0.400 e. The zero-order valence-electron chi connectivity index (χ0n) is 30.6. The zero-order valence-corrected chi connectivity index (χ0v) is 30.6. The van der Waals surface area contributed by atoms with Crippen molar-refractivity contribution in [3.8, 4) is 0 Å². The largest absolute Gasteiger partial charge is 0.489 e. The van der Waals surface area contributed by atoms with Crippen LogP contribution in [0.5, 0.6) is 0 Å². The van der Waals surface area contributed by atoms with Gasteiger partial charge in [-0.25, -0.2) is 0 Å². The molecular formula is C32H58B4O8. The summed E-state index contributed by atoms with van der Waals surface area (Å²) in [5.41, 5.74) is -1.40. The molecule has 12 heteroatoms. The van der Waals surface area contributed by atoms with Gasteiger partial charge in [0, 0.05) is 0 Å². The van der Waals surface area contributed by atoms with Crippen molar-refractivity contribution >= 4 is 28.5 Å². The van der Waals surface area contributed by atoms with E-state index in [0.717, 1.165) is 36.6 Å². The van der Waals surface area contributed by atoms with Crippen molar-refractivity contribution in [1.82, 2.24) is 0 Å². The minimum atomic E-state index is -0.474. The van der Waals surface area contributed by atoms with Gasteiger partial charge in [0.05, 0.1) is 44.8 Å². The Morgan fingerprint density at radius 2 is 0.568 bits per heavy atom. The van der Waals surface area contributed by atoms with E-state index in [1.807, 2.05) is 0 Å². The second-order valence-corrected chi connectivity index (χ2v) is 17.1. The molecule has 0 aliphatic carbocycles. The lowest BCUT2D eigenvalue weighted by Gasteiger charge is -2.32. The summed E-state index contributed by atoms with van der Waals surface area (Å²) in [5.74, 6) is 4.13. The van der Waals surface area contributed by atoms with Gasteiger partial charge in [0.25, 0.3) is 0 Å². The highest BCUT2D eigenvalue weighted by Crippen LogP contribution is 2.43. The van der Waals surface area contributed by atoms with Gasteiger partial charge in [-0.1, -0.05) is 12.0 Å². The lowest BCUT2D eigenvalue weighted by atomic mass is 9.67. The average molecular weight is 614 g/mol. The molecule has 4 heterocycles. The van der Waals surface area contributed by atoms with E-state index < -0.39 is 73.3 Å². The first kappa shape index (κ1) is 36.3. The number of hydrogen-bond acceptors (Lipinski definition) is 8. The van der Waals surface area contributed by atoms with Crippen molar-refractivity contribution in [2.45, 2.75) is 181 Å². The van der Waals surface area contributed by atoms with Gasteiger partial charge < -0.3 is 37.2 Å². The first-order valence-corrected chi connectivity index (χ1v) is 16.5. The summed E-state index contributed by atoms with van der Waals surface area (Å²) in [6.45, 7) is 33.2. The first-order valence-electron chi connectivity index (χ1n) is 16.5. The molecule has 4 aliphatic heterocycles. The summed E-state index contributed by atoms with van der Waals surface area (Å²) < 4.78 is 51.3. The van der Waals surface area contributed by atoms with Crippen LogP contribution in [0.15, 0.2) is 22.9 Å². The molecule has 44 heavy (non-hydrogen) atoms. The van der Waals surface area contributed by atoms with Gasteiger partial charge in [-0.15, -0.1) is 0 Å². The van der Waals surface area contributed by atoms with E-state index >= 15 is 0 Å². The molecular weight excluding hydrogens is 556 g/mol. The Morgan fingerprint density at radius 3 is 0.795 bits per heavy atom. The smallest absolute Gasteiger partial charge is 0.400 e. The highest BCUT2D eigenvalue weighted by atomic mass is 16.7. The Labute approximate surface area is 269 Å². The molecule has 0 aromatic heterocycles. The molecule has 246 valence electrons. The number of rotatable bonds is 9. The van der Waals surface area contributed by atoms with Crippen LogP contribution >= 0.6 is 0 Å². The Bertz CT molecular complexity index is 989. The molecule has 8 nitrogen and oxygen atoms in total. The lowest BCUT2D eigenvalue weighted by molar-refractivity contribution is 0.00578. The Balaban J connectivity index is 1.51. The van der Waals surface area contributed by atoms with Crippen LogP contribution in [0.2, 0.25) is 0 Å². The molecule has 0 amide bonds. The van der Waals surface area contributed by atoms with E-state index in [4.69, 9.17) is 37.2 Å². The van der Waals surface area contributed by atoms with Gasteiger partial charge in [0.15, 0.2) is 0 Å². The fourth-order valence-corrected chi connectivity index (χ4v) is 5.47. The summed E-state index contributed by atoms with van der Waals surface area (Å²) in [6.07, 6.45) is 3.34. The summed E-state index contributed by atoms with van der Waals surface area (Å²) >= 11 is 0. The highest BCUT2D eigenvalue weighted by molar-refractivity contribution is 6.61. The van der Waals surface area contributed by atoms with Crippen molar-refractivity contribution in [3.63, 3.8) is 0 Å². The number of hydrogen-bond donors (Lipinski definition) is 0. The van der Waals surface area contributed by atoms with Crippen molar-refractivity contribution < 1.29 is 37.2 Å². The van der Waals surface area contributed by atoms with Crippen LogP contribution in [-0.4, -0.2) is 73.3 Å². The standard InChI is InChI=1S/C32H58B4O8/c1-25(2)26(3,4)38-33(37-25)21-23(35-41-29(9,10)30(11,12)42-35)19-17-18-20-24(36-43-31(13,14)32(15,16)44-36)22-34-39-27(5,6)28(7,8)40-34/h21-22H,17-20H2,1-16H3. The summed E-state index contributed by atoms with van der Waals surface area (Å²) in [6, 6.07) is 0. The van der Waals surface area contributed by atoms with Gasteiger partial charge >= 0.3 is 28.5 Å². The molecule has 0 unspecified atom stereocenters. The third kappa shape index (κ3) is 6.99. The van der Waals surface area contributed by atoms with Crippen LogP contribution in [-0.2, 0) is 37.2 Å². The average Bonchev–Trinajstić information content (AvgIpc) is 3.34. The Kier molecular flexibility index (Phi) is 9.51. The fourth-order valence-electron chi connectivity index (χ4n) is 5.47. The predicted octanol–water partition coefficient (Wildman–Crippen LogP) is 6.93. The van der Waals surface area contributed by atoms with Crippen LogP contribution in [0.4, 0.5) is 0 Å². The molecule has 0 N–H and O–H groups in total. The molecule has 0 bridgehead atoms. The maximum Gasteiger partial charge on any atom is 0.489 e. The van der Waals surface area contributed by atoms with E-state index in [1.54, 1.807) is 0 Å². The van der Waals surface area contributed by atoms with Crippen molar-refractivity contribution in [3.05, 3.63) is 22.9 Å². The van der Waals surface area contributed by atoms with E-state index in [9.17, 15) is 0 Å². The SMILES string of the molecule is CC1(C)OB(C=C(CCCCC(=CB2OC(C)(C)C(C)(C)O2)B2OC(C)(C)C(C)(C)O2)B2OC(C)(C)C(C)(C)O2)OC1(C)C. The van der Waals surface area contributed by atoms with E-state index in [0.29, 0.717) is 0 Å². The molecule has 0 atom stereocenters. The van der Waals surface area contributed by atoms with Gasteiger partial charge in [0.1, 0.15) is 0 Å². The first-order chi connectivity index (χ1) is 19.7. The van der Waals surface area contributed by atoms with Gasteiger partial charge in [-0.3, -0.25) is 0 Å². The topological polar surface area (TPSA) is 73.8 Å². The molecule has 0 aromatic rings. The molecule has 4 fully saturated rings. The molecule has 0 spiro atoms. The summed E-state index contributed by atoms with van der Waals surface area (Å²) in [5, 5.41) is 0. The molecule has 0 aromatic carbocycles. The van der Waals surface area contributed by atoms with E-state index in [1.165, 1.54) is 0 Å². The van der Waals surface area contributed by atoms with Gasteiger partial charge in [0.2, 0.25) is 0 Å². The third-order valence-corrected chi connectivity index (χ3v) is 11.5. The zero-order chi connectivity index (χ0) is 33.4. The van der Waals surface area contributed by atoms with Gasteiger partial charge in [-0.2, -0.15) is 0 Å². The van der Waals surface area contributed by atoms with Crippen molar-refractivity contribution in [2.75, 3.05) is 0 Å². The summed E-state index contributed by atoms with van der Waals surface area (Å²) in [4.78, 5) is 0. The van der Waals surface area contributed by atoms with Crippen molar-refractivity contribution in [1.29, 1.82) is 0 Å². The molecule has 0 radical (unpaired) electrons. The third-order valence-electron chi connectivity index (χ3n) is 11.5. The van der Waals surface area contributed by atoms with Crippen molar-refractivity contribution in [2.24, 2.45) is 0 Å². The predicted molar refractivity (Wildman–Crippen MR) is 179 cm³/mol. The normalized spacial score (nSPS) is 29.6. The van der Waals surface area contributed by atoms with E-state index in [2.05, 4.69) is 123 Å². The number of allylic oxidation sites excluding steroid dienone is 2. The summed E-state index contributed by atoms with van der Waals surface area (Å²) in [7, 11) is -1.89. The minimum absolute atomic E-state index is 0.425. The highest BCUT2D eigenvalue weighted by Gasteiger charge is 2.56. The fraction of sp³-hybridized carbons (Fsp3) is 0.875. The van der Waals surface area contributed by atoms with E-state index in [-0.39, 0.29) is 0 Å². The van der Waals surface area contributed by atoms with Crippen LogP contribution in [0.3, 0.4) is 0 Å². The number of unbranched alkanes of at least 4 members (excludes halogenated alkanes) is 1. The Morgan fingerprint density at radius 1 is 0.364 bits per heavy atom. The van der Waals surface area contributed by atoms with Crippen LogP contribution < -0.4 is 0 Å². The molecule has 4 saturated heterocycles. The van der Waals surface area contributed by atoms with Crippen LogP contribution in [0, 0.1) is 0 Å². The van der Waals surface area contributed by atoms with Crippen LogP contribution in [0.25, 0.3) is 0 Å². The second kappa shape index (κ2) is 11.5. The second-order valence-electron chi connectivity index (χ2n) is 17.1.